The second-order valence-corrected chi connectivity index (χ2v) is 7.55. The fourth-order valence-corrected chi connectivity index (χ4v) is 1.80. The first-order valence-corrected chi connectivity index (χ1v) is 8.05. The van der Waals surface area contributed by atoms with Gasteiger partial charge in [-0.05, 0) is 72.7 Å². The van der Waals surface area contributed by atoms with Crippen molar-refractivity contribution in [3.63, 3.8) is 0 Å². The van der Waals surface area contributed by atoms with E-state index in [1.54, 1.807) is 0 Å². The Morgan fingerprint density at radius 3 is 1.33 bits per heavy atom. The number of rotatable bonds is 2. The molecule has 134 valence electrons. The molecule has 0 saturated heterocycles. The minimum Gasteiger partial charge on any atom is -0.488 e. The Morgan fingerprint density at radius 1 is 0.583 bits per heavy atom. The van der Waals surface area contributed by atoms with Crippen LogP contribution in [0.5, 0.6) is 11.5 Å². The molecule has 2 nitrogen and oxygen atoms in total. The zero-order chi connectivity index (χ0) is 17.5. The summed E-state index contributed by atoms with van der Waals surface area (Å²) in [6, 6.07) is 18.0. The summed E-state index contributed by atoms with van der Waals surface area (Å²) in [7, 11) is 0. The van der Waals surface area contributed by atoms with Crippen LogP contribution in [0.3, 0.4) is 0 Å². The van der Waals surface area contributed by atoms with E-state index in [1.165, 1.54) is 5.56 Å². The first-order chi connectivity index (χ1) is 10.6. The van der Waals surface area contributed by atoms with Crippen molar-refractivity contribution in [2.75, 3.05) is 0 Å². The van der Waals surface area contributed by atoms with Gasteiger partial charge in [0.25, 0.3) is 0 Å². The van der Waals surface area contributed by atoms with E-state index in [2.05, 4.69) is 19.1 Å². The average Bonchev–Trinajstić information content (AvgIpc) is 2.40. The fourth-order valence-electron chi connectivity index (χ4n) is 1.80. The Labute approximate surface area is 148 Å². The maximum Gasteiger partial charge on any atom is 0.120 e. The largest absolute Gasteiger partial charge is 0.488 e. The lowest BCUT2D eigenvalue weighted by atomic mass is 10.2. The number of para-hydroxylation sites is 1. The maximum atomic E-state index is 5.66. The number of aryl methyl sites for hydroxylation is 1. The number of hydrogen-bond acceptors (Lipinski definition) is 2. The minimum atomic E-state index is -0.102. The molecule has 0 N–H and O–H groups in total. The van der Waals surface area contributed by atoms with Gasteiger partial charge < -0.3 is 9.47 Å². The highest BCUT2D eigenvalue weighted by atomic mass is 16.5. The summed E-state index contributed by atoms with van der Waals surface area (Å²) in [5.41, 5.74) is 1.06. The van der Waals surface area contributed by atoms with Gasteiger partial charge in [-0.25, -0.2) is 0 Å². The van der Waals surface area contributed by atoms with Gasteiger partial charge in [0.05, 0.1) is 0 Å². The third-order valence-electron chi connectivity index (χ3n) is 2.61. The lowest BCUT2D eigenvalue weighted by Crippen LogP contribution is -2.22. The Bertz CT molecular complexity index is 558. The number of benzene rings is 2. The summed E-state index contributed by atoms with van der Waals surface area (Å²) < 4.78 is 11.3. The molecule has 0 saturated carbocycles. The zero-order valence-corrected chi connectivity index (χ0v) is 15.5. The van der Waals surface area contributed by atoms with Gasteiger partial charge in [-0.15, -0.1) is 0 Å². The van der Waals surface area contributed by atoms with Crippen LogP contribution in [0.1, 0.15) is 54.5 Å². The summed E-state index contributed by atoms with van der Waals surface area (Å²) in [6.45, 7) is 14.3. The van der Waals surface area contributed by atoms with Crippen molar-refractivity contribution >= 4 is 0 Å². The molecule has 24 heavy (non-hydrogen) atoms. The Hall–Kier alpha value is -1.96. The Morgan fingerprint density at radius 2 is 0.958 bits per heavy atom. The van der Waals surface area contributed by atoms with Gasteiger partial charge in [-0.2, -0.15) is 0 Å². The Kier molecular flexibility index (Phi) is 8.60. The molecular formula is C22H34O2. The minimum absolute atomic E-state index is 0. The molecule has 0 unspecified atom stereocenters. The molecule has 2 aromatic carbocycles. The summed E-state index contributed by atoms with van der Waals surface area (Å²) in [5, 5.41) is 0. The van der Waals surface area contributed by atoms with Crippen molar-refractivity contribution in [1.29, 1.82) is 0 Å². The summed E-state index contributed by atoms with van der Waals surface area (Å²) in [4.78, 5) is 0. The summed E-state index contributed by atoms with van der Waals surface area (Å²) in [6.07, 6.45) is 0. The van der Waals surface area contributed by atoms with Gasteiger partial charge in [-0.1, -0.05) is 43.3 Å². The molecule has 2 aromatic rings. The lowest BCUT2D eigenvalue weighted by molar-refractivity contribution is 0.130. The van der Waals surface area contributed by atoms with E-state index >= 15 is 0 Å². The molecule has 0 aromatic heterocycles. The molecule has 0 atom stereocenters. The zero-order valence-electron chi connectivity index (χ0n) is 15.5. The van der Waals surface area contributed by atoms with Crippen LogP contribution in [0, 0.1) is 6.92 Å². The Balaban J connectivity index is 0.000000425. The molecule has 0 aliphatic heterocycles. The quantitative estimate of drug-likeness (QED) is 0.612. The van der Waals surface area contributed by atoms with Crippen molar-refractivity contribution < 1.29 is 9.47 Å². The summed E-state index contributed by atoms with van der Waals surface area (Å²) in [5.74, 6) is 1.87. The number of ether oxygens (including phenoxy) is 2. The molecule has 0 spiro atoms. The van der Waals surface area contributed by atoms with E-state index in [0.29, 0.717) is 0 Å². The molecule has 0 heterocycles. The van der Waals surface area contributed by atoms with Crippen LogP contribution in [-0.4, -0.2) is 11.2 Å². The van der Waals surface area contributed by atoms with Crippen molar-refractivity contribution in [2.24, 2.45) is 0 Å². The van der Waals surface area contributed by atoms with Crippen LogP contribution in [0.2, 0.25) is 0 Å². The van der Waals surface area contributed by atoms with Crippen molar-refractivity contribution in [1.82, 2.24) is 0 Å². The van der Waals surface area contributed by atoms with Crippen LogP contribution in [0.4, 0.5) is 0 Å². The second-order valence-electron chi connectivity index (χ2n) is 7.55. The van der Waals surface area contributed by atoms with Gasteiger partial charge >= 0.3 is 0 Å². The smallest absolute Gasteiger partial charge is 0.120 e. The fraction of sp³-hybridized carbons (Fsp3) is 0.455. The van der Waals surface area contributed by atoms with Gasteiger partial charge in [-0.3, -0.25) is 0 Å². The topological polar surface area (TPSA) is 18.5 Å². The predicted octanol–water partition coefficient (Wildman–Crippen LogP) is 6.67. The highest BCUT2D eigenvalue weighted by molar-refractivity contribution is 5.26. The van der Waals surface area contributed by atoms with Crippen LogP contribution >= 0.6 is 0 Å². The summed E-state index contributed by atoms with van der Waals surface area (Å²) >= 11 is 0. The normalized spacial score (nSPS) is 10.8. The predicted molar refractivity (Wildman–Crippen MR) is 105 cm³/mol. The molecule has 0 fully saturated rings. The van der Waals surface area contributed by atoms with Crippen molar-refractivity contribution in [2.45, 2.75) is 67.1 Å². The number of hydrogen-bond donors (Lipinski definition) is 0. The first kappa shape index (κ1) is 22.0. The highest BCUT2D eigenvalue weighted by Crippen LogP contribution is 2.18. The van der Waals surface area contributed by atoms with Gasteiger partial charge in [0.2, 0.25) is 0 Å². The van der Waals surface area contributed by atoms with Crippen LogP contribution < -0.4 is 9.47 Å². The van der Waals surface area contributed by atoms with E-state index in [-0.39, 0.29) is 18.6 Å². The average molecular weight is 331 g/mol. The van der Waals surface area contributed by atoms with Gasteiger partial charge in [0.1, 0.15) is 22.7 Å². The molecular weight excluding hydrogens is 296 g/mol. The molecule has 0 aliphatic rings. The SMILES string of the molecule is C.CC(C)(C)Oc1ccccc1.Cc1ccc(OC(C)(C)C)cc1. The third kappa shape index (κ3) is 10.7. The molecule has 0 amide bonds. The molecule has 2 rings (SSSR count). The van der Waals surface area contributed by atoms with Crippen LogP contribution in [0.25, 0.3) is 0 Å². The molecule has 0 aliphatic carbocycles. The third-order valence-corrected chi connectivity index (χ3v) is 2.61. The van der Waals surface area contributed by atoms with Crippen molar-refractivity contribution in [3.8, 4) is 11.5 Å². The van der Waals surface area contributed by atoms with E-state index in [9.17, 15) is 0 Å². The first-order valence-electron chi connectivity index (χ1n) is 8.05. The lowest BCUT2D eigenvalue weighted by Gasteiger charge is -2.21. The van der Waals surface area contributed by atoms with Gasteiger partial charge in [0.15, 0.2) is 0 Å². The van der Waals surface area contributed by atoms with Crippen molar-refractivity contribution in [3.05, 3.63) is 60.2 Å². The van der Waals surface area contributed by atoms with E-state index in [0.717, 1.165) is 11.5 Å². The van der Waals surface area contributed by atoms with E-state index in [1.807, 2.05) is 84.0 Å². The highest BCUT2D eigenvalue weighted by Gasteiger charge is 2.11. The second kappa shape index (κ2) is 9.36. The maximum absolute atomic E-state index is 5.66. The van der Waals surface area contributed by atoms with Crippen LogP contribution in [-0.2, 0) is 0 Å². The monoisotopic (exact) mass is 330 g/mol. The van der Waals surface area contributed by atoms with E-state index in [4.69, 9.17) is 9.47 Å². The van der Waals surface area contributed by atoms with E-state index < -0.39 is 0 Å². The molecule has 0 bridgehead atoms. The molecule has 0 radical (unpaired) electrons. The molecule has 2 heteroatoms. The standard InChI is InChI=1S/C11H16O.C10H14O.CH4/c1-9-5-7-10(8-6-9)12-11(2,3)4;1-10(2,3)11-9-7-5-4-6-8-9;/h5-8H,1-4H3;4-8H,1-3H3;1H4. The van der Waals surface area contributed by atoms with Gasteiger partial charge in [0, 0.05) is 0 Å². The van der Waals surface area contributed by atoms with Crippen LogP contribution in [0.15, 0.2) is 54.6 Å².